The van der Waals surface area contributed by atoms with E-state index in [-0.39, 0.29) is 5.75 Å². The summed E-state index contributed by atoms with van der Waals surface area (Å²) in [6.45, 7) is 0. The Kier molecular flexibility index (Phi) is 3.47. The number of nitrogen functional groups attached to an aromatic ring is 1. The van der Waals surface area contributed by atoms with E-state index in [9.17, 15) is 22.0 Å². The molecule has 2 aromatic rings. The molecule has 8 heteroatoms. The maximum Gasteiger partial charge on any atom is 0.416 e. The average Bonchev–Trinajstić information content (AvgIpc) is 2.25. The molecule has 3 nitrogen and oxygen atoms in total. The standard InChI is InChI=1S/C12H7F5N2O/c13-7-3-8(14)5-9(4-7)20-11-2-6(12(15,16)17)1-10(18)19-11/h1-5H,(H2,18,19). The van der Waals surface area contributed by atoms with Gasteiger partial charge in [-0.1, -0.05) is 0 Å². The van der Waals surface area contributed by atoms with Gasteiger partial charge < -0.3 is 10.5 Å². The summed E-state index contributed by atoms with van der Waals surface area (Å²) in [6.07, 6.45) is -4.64. The molecular formula is C12H7F5N2O. The Hall–Kier alpha value is -2.38. The number of nitrogens with zero attached hydrogens (tertiary/aromatic N) is 1. The van der Waals surface area contributed by atoms with Gasteiger partial charge in [-0.3, -0.25) is 0 Å². The van der Waals surface area contributed by atoms with Crippen LogP contribution < -0.4 is 10.5 Å². The quantitative estimate of drug-likeness (QED) is 0.857. The van der Waals surface area contributed by atoms with Crippen molar-refractivity contribution in [3.05, 3.63) is 47.5 Å². The van der Waals surface area contributed by atoms with Gasteiger partial charge >= 0.3 is 6.18 Å². The molecule has 0 saturated heterocycles. The van der Waals surface area contributed by atoms with Gasteiger partial charge in [0.05, 0.1) is 5.56 Å². The van der Waals surface area contributed by atoms with E-state index in [1.54, 1.807) is 0 Å². The molecule has 0 aliphatic rings. The lowest BCUT2D eigenvalue weighted by atomic mass is 10.2. The van der Waals surface area contributed by atoms with Gasteiger partial charge in [0.15, 0.2) is 0 Å². The molecule has 0 fully saturated rings. The van der Waals surface area contributed by atoms with Crippen molar-refractivity contribution in [2.45, 2.75) is 6.18 Å². The Morgan fingerprint density at radius 3 is 2.10 bits per heavy atom. The molecule has 1 aromatic carbocycles. The van der Waals surface area contributed by atoms with E-state index in [1.165, 1.54) is 0 Å². The Morgan fingerprint density at radius 1 is 0.950 bits per heavy atom. The number of rotatable bonds is 2. The highest BCUT2D eigenvalue weighted by Crippen LogP contribution is 2.33. The minimum absolute atomic E-state index is 0.325. The van der Waals surface area contributed by atoms with Crippen molar-refractivity contribution in [3.63, 3.8) is 0 Å². The van der Waals surface area contributed by atoms with Crippen molar-refractivity contribution in [2.24, 2.45) is 0 Å². The van der Waals surface area contributed by atoms with Crippen molar-refractivity contribution in [1.29, 1.82) is 0 Å². The van der Waals surface area contributed by atoms with E-state index in [0.717, 1.165) is 12.1 Å². The number of benzene rings is 1. The summed E-state index contributed by atoms with van der Waals surface area (Å²) in [5, 5.41) is 0. The highest BCUT2D eigenvalue weighted by Gasteiger charge is 2.31. The summed E-state index contributed by atoms with van der Waals surface area (Å²) >= 11 is 0. The van der Waals surface area contributed by atoms with Gasteiger partial charge in [-0.05, 0) is 6.07 Å². The van der Waals surface area contributed by atoms with Crippen molar-refractivity contribution in [2.75, 3.05) is 5.73 Å². The van der Waals surface area contributed by atoms with E-state index < -0.39 is 35.1 Å². The van der Waals surface area contributed by atoms with Crippen LogP contribution in [-0.2, 0) is 6.18 Å². The number of aromatic nitrogens is 1. The average molecular weight is 290 g/mol. The molecule has 0 amide bonds. The zero-order chi connectivity index (χ0) is 14.9. The first-order chi connectivity index (χ1) is 9.24. The molecule has 1 aromatic heterocycles. The second kappa shape index (κ2) is 4.95. The number of ether oxygens (including phenoxy) is 1. The lowest BCUT2D eigenvalue weighted by molar-refractivity contribution is -0.137. The Labute approximate surface area is 109 Å². The first-order valence-corrected chi connectivity index (χ1v) is 5.23. The number of alkyl halides is 3. The fourth-order valence-corrected chi connectivity index (χ4v) is 1.45. The van der Waals surface area contributed by atoms with Crippen LogP contribution in [0.15, 0.2) is 30.3 Å². The third-order valence-electron chi connectivity index (χ3n) is 2.21. The summed E-state index contributed by atoms with van der Waals surface area (Å²) in [5.41, 5.74) is 4.16. The van der Waals surface area contributed by atoms with Crippen LogP contribution in [-0.4, -0.2) is 4.98 Å². The van der Waals surface area contributed by atoms with Gasteiger partial charge in [-0.15, -0.1) is 0 Å². The number of nitrogens with two attached hydrogens (primary N) is 1. The summed E-state index contributed by atoms with van der Waals surface area (Å²) in [5.74, 6) is -3.12. The molecule has 0 bridgehead atoms. The number of halogens is 5. The Morgan fingerprint density at radius 2 is 1.55 bits per heavy atom. The lowest BCUT2D eigenvalue weighted by Crippen LogP contribution is -2.07. The molecular weight excluding hydrogens is 283 g/mol. The lowest BCUT2D eigenvalue weighted by Gasteiger charge is -2.10. The smallest absolute Gasteiger partial charge is 0.416 e. The first kappa shape index (κ1) is 14.0. The van der Waals surface area contributed by atoms with Gasteiger partial charge in [0, 0.05) is 24.3 Å². The molecule has 0 radical (unpaired) electrons. The summed E-state index contributed by atoms with van der Waals surface area (Å²) < 4.78 is 68.4. The van der Waals surface area contributed by atoms with Gasteiger partial charge in [0.25, 0.3) is 0 Å². The molecule has 0 unspecified atom stereocenters. The molecule has 2 rings (SSSR count). The van der Waals surface area contributed by atoms with Crippen LogP contribution in [0.5, 0.6) is 11.6 Å². The molecule has 0 saturated carbocycles. The van der Waals surface area contributed by atoms with Crippen LogP contribution in [0.3, 0.4) is 0 Å². The van der Waals surface area contributed by atoms with Gasteiger partial charge in [-0.2, -0.15) is 18.2 Å². The van der Waals surface area contributed by atoms with E-state index in [0.29, 0.717) is 18.2 Å². The molecule has 0 aliphatic heterocycles. The van der Waals surface area contributed by atoms with Crippen molar-refractivity contribution >= 4 is 5.82 Å². The van der Waals surface area contributed by atoms with Gasteiger partial charge in [0.2, 0.25) is 5.88 Å². The topological polar surface area (TPSA) is 48.1 Å². The molecule has 106 valence electrons. The number of pyridine rings is 1. The summed E-state index contributed by atoms with van der Waals surface area (Å²) in [4.78, 5) is 3.51. The fourth-order valence-electron chi connectivity index (χ4n) is 1.45. The second-order valence-corrected chi connectivity index (χ2v) is 3.82. The predicted molar refractivity (Wildman–Crippen MR) is 60.1 cm³/mol. The minimum atomic E-state index is -4.64. The number of hydrogen-bond acceptors (Lipinski definition) is 3. The van der Waals surface area contributed by atoms with Crippen LogP contribution in [0.25, 0.3) is 0 Å². The second-order valence-electron chi connectivity index (χ2n) is 3.82. The molecule has 0 spiro atoms. The largest absolute Gasteiger partial charge is 0.439 e. The van der Waals surface area contributed by atoms with Crippen LogP contribution in [0.1, 0.15) is 5.56 Å². The number of anilines is 1. The minimum Gasteiger partial charge on any atom is -0.439 e. The zero-order valence-electron chi connectivity index (χ0n) is 9.71. The SMILES string of the molecule is Nc1cc(C(F)(F)F)cc(Oc2cc(F)cc(F)c2)n1. The highest BCUT2D eigenvalue weighted by molar-refractivity contribution is 5.40. The monoisotopic (exact) mass is 290 g/mol. The van der Waals surface area contributed by atoms with Crippen LogP contribution in [0.2, 0.25) is 0 Å². The molecule has 0 aliphatic carbocycles. The third-order valence-corrected chi connectivity index (χ3v) is 2.21. The first-order valence-electron chi connectivity index (χ1n) is 5.23. The normalized spacial score (nSPS) is 11.4. The summed E-state index contributed by atoms with van der Waals surface area (Å²) in [6, 6.07) is 3.42. The summed E-state index contributed by atoms with van der Waals surface area (Å²) in [7, 11) is 0. The maximum absolute atomic E-state index is 12.9. The van der Waals surface area contributed by atoms with E-state index >= 15 is 0 Å². The van der Waals surface area contributed by atoms with E-state index in [1.807, 2.05) is 0 Å². The fraction of sp³-hybridized carbons (Fsp3) is 0.0833. The van der Waals surface area contributed by atoms with Gasteiger partial charge in [-0.25, -0.2) is 8.78 Å². The molecule has 20 heavy (non-hydrogen) atoms. The van der Waals surface area contributed by atoms with Crippen LogP contribution in [0, 0.1) is 11.6 Å². The Balaban J connectivity index is 2.36. The van der Waals surface area contributed by atoms with Crippen molar-refractivity contribution in [1.82, 2.24) is 4.98 Å². The number of hydrogen-bond donors (Lipinski definition) is 1. The predicted octanol–water partition coefficient (Wildman–Crippen LogP) is 3.75. The van der Waals surface area contributed by atoms with Crippen molar-refractivity contribution in [3.8, 4) is 11.6 Å². The highest BCUT2D eigenvalue weighted by atomic mass is 19.4. The third kappa shape index (κ3) is 3.34. The maximum atomic E-state index is 12.9. The van der Waals surface area contributed by atoms with Crippen LogP contribution >= 0.6 is 0 Å². The molecule has 0 atom stereocenters. The Bertz CT molecular complexity index is 622. The van der Waals surface area contributed by atoms with Crippen molar-refractivity contribution < 1.29 is 26.7 Å². The molecule has 2 N–H and O–H groups in total. The zero-order valence-corrected chi connectivity index (χ0v) is 9.71. The van der Waals surface area contributed by atoms with E-state index in [2.05, 4.69) is 4.98 Å². The molecule has 1 heterocycles. The van der Waals surface area contributed by atoms with Crippen LogP contribution in [0.4, 0.5) is 27.8 Å². The van der Waals surface area contributed by atoms with Gasteiger partial charge in [0.1, 0.15) is 23.2 Å². The van der Waals surface area contributed by atoms with E-state index in [4.69, 9.17) is 10.5 Å².